The molecule has 2 aromatic rings. The zero-order chi connectivity index (χ0) is 15.6. The minimum Gasteiger partial charge on any atom is -0.478 e. The molecule has 0 spiro atoms. The molecule has 0 radical (unpaired) electrons. The first-order chi connectivity index (χ1) is 9.75. The van der Waals surface area contributed by atoms with E-state index in [1.807, 2.05) is 0 Å². The molecule has 0 aliphatic rings. The van der Waals surface area contributed by atoms with E-state index < -0.39 is 15.8 Å². The van der Waals surface area contributed by atoms with Crippen molar-refractivity contribution in [3.63, 3.8) is 0 Å². The fourth-order valence-electron chi connectivity index (χ4n) is 1.52. The van der Waals surface area contributed by atoms with Crippen LogP contribution in [0.25, 0.3) is 0 Å². The van der Waals surface area contributed by atoms with E-state index in [0.717, 1.165) is 6.26 Å². The van der Waals surface area contributed by atoms with E-state index in [1.54, 1.807) is 0 Å². The number of hydrogen-bond acceptors (Lipinski definition) is 5. The number of nitrogens with zero attached hydrogens (tertiary/aromatic N) is 1. The maximum absolute atomic E-state index is 11.3. The first-order valence-corrected chi connectivity index (χ1v) is 7.91. The largest absolute Gasteiger partial charge is 0.478 e. The van der Waals surface area contributed by atoms with E-state index in [0.29, 0.717) is 5.75 Å². The summed E-state index contributed by atoms with van der Waals surface area (Å²) in [6, 6.07) is 8.07. The molecule has 0 fully saturated rings. The molecule has 0 amide bonds. The lowest BCUT2D eigenvalue weighted by Gasteiger charge is -2.06. The van der Waals surface area contributed by atoms with Crippen LogP contribution in [0.5, 0.6) is 11.6 Å². The van der Waals surface area contributed by atoms with Gasteiger partial charge in [0.15, 0.2) is 9.84 Å². The lowest BCUT2D eigenvalue weighted by atomic mass is 10.3. The van der Waals surface area contributed by atoms with Crippen molar-refractivity contribution < 1.29 is 23.1 Å². The molecule has 0 unspecified atom stereocenters. The van der Waals surface area contributed by atoms with Crippen molar-refractivity contribution in [3.05, 3.63) is 47.1 Å². The first-order valence-electron chi connectivity index (χ1n) is 5.64. The molecule has 1 N–H and O–H groups in total. The molecule has 8 heteroatoms. The number of hydrogen-bond donors (Lipinski definition) is 1. The number of carboxylic acids is 1. The third-order valence-corrected chi connectivity index (χ3v) is 3.81. The molecule has 1 heterocycles. The zero-order valence-electron chi connectivity index (χ0n) is 10.8. The Hall–Kier alpha value is -2.12. The molecule has 110 valence electrons. The van der Waals surface area contributed by atoms with Gasteiger partial charge in [0.05, 0.1) is 10.5 Å². The minimum atomic E-state index is -3.29. The van der Waals surface area contributed by atoms with Gasteiger partial charge >= 0.3 is 5.97 Å². The van der Waals surface area contributed by atoms with Crippen molar-refractivity contribution in [3.8, 4) is 11.6 Å². The second-order valence-electron chi connectivity index (χ2n) is 4.17. The van der Waals surface area contributed by atoms with Crippen LogP contribution < -0.4 is 4.74 Å². The number of halogens is 1. The number of rotatable bonds is 4. The number of aromatic carboxylic acids is 1. The van der Waals surface area contributed by atoms with E-state index in [4.69, 9.17) is 21.4 Å². The van der Waals surface area contributed by atoms with Crippen molar-refractivity contribution >= 4 is 27.4 Å². The van der Waals surface area contributed by atoms with Gasteiger partial charge in [-0.1, -0.05) is 11.6 Å². The van der Waals surface area contributed by atoms with Gasteiger partial charge in [0, 0.05) is 12.3 Å². The van der Waals surface area contributed by atoms with E-state index in [9.17, 15) is 13.2 Å². The summed E-state index contributed by atoms with van der Waals surface area (Å²) in [5, 5.41) is 8.90. The van der Waals surface area contributed by atoms with Gasteiger partial charge in [-0.05, 0) is 30.3 Å². The zero-order valence-corrected chi connectivity index (χ0v) is 12.4. The molecule has 0 atom stereocenters. The van der Waals surface area contributed by atoms with Gasteiger partial charge in [-0.25, -0.2) is 18.2 Å². The van der Waals surface area contributed by atoms with Gasteiger partial charge in [0.1, 0.15) is 10.9 Å². The number of carbonyl (C=O) groups is 1. The third kappa shape index (κ3) is 3.93. The van der Waals surface area contributed by atoms with Crippen LogP contribution in [-0.2, 0) is 9.84 Å². The SMILES string of the molecule is CS(=O)(=O)c1ccc(Oc2cc(C(=O)O)cc(Cl)n2)cc1. The maximum atomic E-state index is 11.3. The van der Waals surface area contributed by atoms with Crippen molar-refractivity contribution in [2.24, 2.45) is 0 Å². The first kappa shape index (κ1) is 15.3. The monoisotopic (exact) mass is 327 g/mol. The van der Waals surface area contributed by atoms with Crippen LogP contribution in [0.15, 0.2) is 41.3 Å². The number of pyridine rings is 1. The smallest absolute Gasteiger partial charge is 0.335 e. The standard InChI is InChI=1S/C13H10ClNO5S/c1-21(18,19)10-4-2-9(3-5-10)20-12-7-8(13(16)17)6-11(14)15-12/h2-7H,1H3,(H,16,17). The molecule has 1 aromatic carbocycles. The van der Waals surface area contributed by atoms with Gasteiger partial charge in [0.25, 0.3) is 0 Å². The normalized spacial score (nSPS) is 11.1. The van der Waals surface area contributed by atoms with Crippen molar-refractivity contribution in [2.75, 3.05) is 6.26 Å². The van der Waals surface area contributed by atoms with Crippen molar-refractivity contribution in [2.45, 2.75) is 4.90 Å². The van der Waals surface area contributed by atoms with E-state index in [-0.39, 0.29) is 21.5 Å². The summed E-state index contributed by atoms with van der Waals surface area (Å²) >= 11 is 5.71. The fraction of sp³-hybridized carbons (Fsp3) is 0.0769. The summed E-state index contributed by atoms with van der Waals surface area (Å²) in [7, 11) is -3.29. The van der Waals surface area contributed by atoms with Crippen LogP contribution in [0.1, 0.15) is 10.4 Å². The van der Waals surface area contributed by atoms with Gasteiger partial charge in [-0.3, -0.25) is 0 Å². The Kier molecular flexibility index (Phi) is 4.15. The topological polar surface area (TPSA) is 93.6 Å². The second-order valence-corrected chi connectivity index (χ2v) is 6.57. The molecule has 1 aromatic heterocycles. The highest BCUT2D eigenvalue weighted by Gasteiger charge is 2.10. The van der Waals surface area contributed by atoms with Gasteiger partial charge in [-0.15, -0.1) is 0 Å². The Labute approximate surface area is 125 Å². The van der Waals surface area contributed by atoms with Crippen LogP contribution in [0.4, 0.5) is 0 Å². The van der Waals surface area contributed by atoms with E-state index in [1.165, 1.54) is 36.4 Å². The summed E-state index contributed by atoms with van der Waals surface area (Å²) < 4.78 is 28.0. The molecule has 2 rings (SSSR count). The van der Waals surface area contributed by atoms with Crippen LogP contribution >= 0.6 is 11.6 Å². The number of aromatic nitrogens is 1. The number of sulfone groups is 1. The predicted octanol–water partition coefficient (Wildman–Crippen LogP) is 2.63. The number of carboxylic acid groups (broad SMARTS) is 1. The second kappa shape index (κ2) is 5.71. The highest BCUT2D eigenvalue weighted by molar-refractivity contribution is 7.90. The molecule has 0 bridgehead atoms. The summed E-state index contributed by atoms with van der Waals surface area (Å²) in [6.07, 6.45) is 1.10. The van der Waals surface area contributed by atoms with Crippen molar-refractivity contribution in [1.82, 2.24) is 4.98 Å². The van der Waals surface area contributed by atoms with Gasteiger partial charge < -0.3 is 9.84 Å². The third-order valence-electron chi connectivity index (χ3n) is 2.49. The van der Waals surface area contributed by atoms with Crippen molar-refractivity contribution in [1.29, 1.82) is 0 Å². The van der Waals surface area contributed by atoms with E-state index >= 15 is 0 Å². The Balaban J connectivity index is 2.28. The Morgan fingerprint density at radius 3 is 2.38 bits per heavy atom. The highest BCUT2D eigenvalue weighted by atomic mass is 35.5. The van der Waals surface area contributed by atoms with Gasteiger partial charge in [-0.2, -0.15) is 0 Å². The quantitative estimate of drug-likeness (QED) is 0.867. The summed E-state index contributed by atoms with van der Waals surface area (Å²) in [6.45, 7) is 0. The highest BCUT2D eigenvalue weighted by Crippen LogP contribution is 2.24. The Bertz CT molecular complexity index is 787. The average Bonchev–Trinajstić information content (AvgIpc) is 2.37. The van der Waals surface area contributed by atoms with Gasteiger partial charge in [0.2, 0.25) is 5.88 Å². The summed E-state index contributed by atoms with van der Waals surface area (Å²) in [5.41, 5.74) is -0.0576. The molecule has 0 saturated heterocycles. The Morgan fingerprint density at radius 2 is 1.86 bits per heavy atom. The van der Waals surface area contributed by atoms with Crippen LogP contribution in [0.3, 0.4) is 0 Å². The Morgan fingerprint density at radius 1 is 1.24 bits per heavy atom. The number of benzene rings is 1. The maximum Gasteiger partial charge on any atom is 0.335 e. The summed E-state index contributed by atoms with van der Waals surface area (Å²) in [5.74, 6) is -0.836. The summed E-state index contributed by atoms with van der Waals surface area (Å²) in [4.78, 5) is 14.9. The lowest BCUT2D eigenvalue weighted by molar-refractivity contribution is 0.0696. The lowest BCUT2D eigenvalue weighted by Crippen LogP contribution is -1.99. The molecule has 0 aliphatic heterocycles. The van der Waals surface area contributed by atoms with Crippen LogP contribution in [-0.4, -0.2) is 30.7 Å². The fourth-order valence-corrected chi connectivity index (χ4v) is 2.36. The van der Waals surface area contributed by atoms with E-state index in [2.05, 4.69) is 4.98 Å². The molecule has 21 heavy (non-hydrogen) atoms. The minimum absolute atomic E-state index is 0.00649. The molecular formula is C13H10ClNO5S. The average molecular weight is 328 g/mol. The van der Waals surface area contributed by atoms with Crippen LogP contribution in [0.2, 0.25) is 5.15 Å². The van der Waals surface area contributed by atoms with Crippen LogP contribution in [0, 0.1) is 0 Å². The molecular weight excluding hydrogens is 318 g/mol. The number of ether oxygens (including phenoxy) is 1. The molecule has 0 saturated carbocycles. The molecule has 0 aliphatic carbocycles. The predicted molar refractivity (Wildman–Crippen MR) is 75.8 cm³/mol. The molecule has 6 nitrogen and oxygen atoms in total.